The maximum Gasteiger partial charge on any atom is 0.433 e. The third-order valence-electron chi connectivity index (χ3n) is 9.37. The summed E-state index contributed by atoms with van der Waals surface area (Å²) in [5, 5.41) is 23.0. The average Bonchev–Trinajstić information content (AvgIpc) is 3.08. The Morgan fingerprint density at radius 2 is 2.03 bits per heavy atom. The molecule has 0 amide bonds. The van der Waals surface area contributed by atoms with Crippen molar-refractivity contribution in [2.75, 3.05) is 5.75 Å². The Morgan fingerprint density at radius 3 is 2.75 bits per heavy atom. The van der Waals surface area contributed by atoms with E-state index < -0.39 is 40.2 Å². The maximum absolute atomic E-state index is 13.4. The van der Waals surface area contributed by atoms with E-state index in [9.17, 15) is 33.0 Å². The fourth-order valence-corrected chi connectivity index (χ4v) is 8.40. The number of hydrogen-bond donors (Lipinski definition) is 2. The van der Waals surface area contributed by atoms with Crippen LogP contribution in [0.5, 0.6) is 0 Å². The van der Waals surface area contributed by atoms with Crippen molar-refractivity contribution in [3.63, 3.8) is 0 Å². The van der Waals surface area contributed by atoms with Gasteiger partial charge >= 0.3 is 6.18 Å². The first-order chi connectivity index (χ1) is 16.8. The minimum absolute atomic E-state index is 0.000870. The predicted molar refractivity (Wildman–Crippen MR) is 126 cm³/mol. The van der Waals surface area contributed by atoms with Crippen molar-refractivity contribution in [2.24, 2.45) is 28.6 Å². The molecule has 3 fully saturated rings. The first-order valence-corrected chi connectivity index (χ1v) is 13.2. The van der Waals surface area contributed by atoms with E-state index in [2.05, 4.69) is 16.9 Å². The number of aliphatic hydroxyl groups is 2. The van der Waals surface area contributed by atoms with Crippen LogP contribution in [0, 0.1) is 28.6 Å². The number of halogens is 3. The van der Waals surface area contributed by atoms with E-state index in [1.54, 1.807) is 12.2 Å². The molecule has 1 aromatic heterocycles. The number of carbonyl (C=O) groups excluding carboxylic acids is 2. The summed E-state index contributed by atoms with van der Waals surface area (Å²) in [6, 6.07) is 0.768. The molecule has 7 atom stereocenters. The molecule has 0 saturated heterocycles. The minimum Gasteiger partial charge on any atom is -0.393 e. The molecule has 0 aliphatic heterocycles. The van der Waals surface area contributed by atoms with Crippen LogP contribution >= 0.6 is 11.8 Å². The van der Waals surface area contributed by atoms with Gasteiger partial charge in [0.1, 0.15) is 11.3 Å². The number of thioether (sulfide) groups is 1. The Labute approximate surface area is 211 Å². The van der Waals surface area contributed by atoms with Crippen molar-refractivity contribution in [1.29, 1.82) is 0 Å². The quantitative estimate of drug-likeness (QED) is 0.452. The Bertz CT molecular complexity index is 1170. The van der Waals surface area contributed by atoms with Crippen LogP contribution in [0.3, 0.4) is 0 Å². The third kappa shape index (κ3) is 3.79. The number of hydrogen-bond acceptors (Lipinski definition) is 7. The summed E-state index contributed by atoms with van der Waals surface area (Å²) in [6.45, 7) is 3.92. The maximum atomic E-state index is 13.4. The monoisotopic (exact) mass is 522 g/mol. The molecule has 4 aliphatic rings. The number of ketones is 2. The third-order valence-corrected chi connectivity index (χ3v) is 10.2. The number of fused-ring (bicyclic) bond motifs is 5. The van der Waals surface area contributed by atoms with Gasteiger partial charge in [-0.15, -0.1) is 0 Å². The summed E-state index contributed by atoms with van der Waals surface area (Å²) in [5.41, 5.74) is -3.07. The molecule has 36 heavy (non-hydrogen) atoms. The zero-order valence-electron chi connectivity index (χ0n) is 20.1. The van der Waals surface area contributed by atoms with Crippen LogP contribution in [0.1, 0.15) is 51.6 Å². The fraction of sp³-hybridized carbons (Fsp3) is 0.615. The highest BCUT2D eigenvalue weighted by Gasteiger charge is 2.68. The van der Waals surface area contributed by atoms with Gasteiger partial charge in [-0.25, -0.2) is 9.97 Å². The molecule has 0 bridgehead atoms. The summed E-state index contributed by atoms with van der Waals surface area (Å²) in [4.78, 5) is 32.7. The number of allylic oxidation sites excluding steroid dienone is 4. The van der Waals surface area contributed by atoms with E-state index in [-0.39, 0.29) is 47.3 Å². The van der Waals surface area contributed by atoms with E-state index in [0.717, 1.165) is 42.4 Å². The van der Waals surface area contributed by atoms with Gasteiger partial charge < -0.3 is 10.2 Å². The number of Topliss-reactive ketones (excluding diaryl/α,β-unsaturated/α-hetero) is 1. The molecular formula is C26H29F3N2O4S. The van der Waals surface area contributed by atoms with Crippen LogP contribution in [0.4, 0.5) is 13.2 Å². The zero-order valence-corrected chi connectivity index (χ0v) is 20.9. The molecule has 5 rings (SSSR count). The van der Waals surface area contributed by atoms with Crippen molar-refractivity contribution in [3.8, 4) is 0 Å². The van der Waals surface area contributed by atoms with Gasteiger partial charge in [0.25, 0.3) is 0 Å². The van der Waals surface area contributed by atoms with Crippen LogP contribution in [-0.4, -0.2) is 49.2 Å². The summed E-state index contributed by atoms with van der Waals surface area (Å²) in [6.07, 6.45) is 3.34. The van der Waals surface area contributed by atoms with Crippen LogP contribution < -0.4 is 0 Å². The van der Waals surface area contributed by atoms with Crippen molar-refractivity contribution in [2.45, 2.75) is 69.0 Å². The number of aromatic nitrogens is 2. The lowest BCUT2D eigenvalue weighted by atomic mass is 9.46. The van der Waals surface area contributed by atoms with Crippen molar-refractivity contribution in [1.82, 2.24) is 9.97 Å². The molecule has 3 saturated carbocycles. The molecular weight excluding hydrogens is 493 g/mol. The molecule has 5 unspecified atom stereocenters. The fourth-order valence-electron chi connectivity index (χ4n) is 7.61. The van der Waals surface area contributed by atoms with Crippen molar-refractivity contribution >= 4 is 23.3 Å². The van der Waals surface area contributed by atoms with Gasteiger partial charge in [0.2, 0.25) is 0 Å². The largest absolute Gasteiger partial charge is 0.433 e. The van der Waals surface area contributed by atoms with Crippen LogP contribution in [0.2, 0.25) is 0 Å². The lowest BCUT2D eigenvalue weighted by molar-refractivity contribution is -0.174. The molecule has 1 aromatic rings. The second-order valence-electron chi connectivity index (χ2n) is 11.0. The molecule has 0 radical (unpaired) electrons. The Kier molecular flexibility index (Phi) is 6.04. The minimum atomic E-state index is -4.62. The van der Waals surface area contributed by atoms with Crippen LogP contribution in [0.25, 0.3) is 0 Å². The first kappa shape index (κ1) is 25.6. The Morgan fingerprint density at radius 1 is 1.28 bits per heavy atom. The van der Waals surface area contributed by atoms with E-state index in [0.29, 0.717) is 6.42 Å². The van der Waals surface area contributed by atoms with E-state index in [1.165, 1.54) is 0 Å². The number of alkyl halides is 3. The molecule has 2 N–H and O–H groups in total. The van der Waals surface area contributed by atoms with Crippen LogP contribution in [0.15, 0.2) is 41.2 Å². The van der Waals surface area contributed by atoms with E-state index >= 15 is 0 Å². The molecule has 1 heterocycles. The van der Waals surface area contributed by atoms with Crippen molar-refractivity contribution < 1.29 is 33.0 Å². The molecule has 10 heteroatoms. The molecule has 6 nitrogen and oxygen atoms in total. The smallest absolute Gasteiger partial charge is 0.393 e. The number of carbonyl (C=O) groups is 2. The number of nitrogens with zero attached hydrogens (tertiary/aromatic N) is 2. The highest BCUT2D eigenvalue weighted by molar-refractivity contribution is 7.99. The number of aliphatic hydroxyl groups excluding tert-OH is 1. The predicted octanol–water partition coefficient (Wildman–Crippen LogP) is 4.17. The van der Waals surface area contributed by atoms with Gasteiger partial charge in [-0.3, -0.25) is 9.59 Å². The lowest BCUT2D eigenvalue weighted by Gasteiger charge is -2.59. The van der Waals surface area contributed by atoms with Crippen molar-refractivity contribution in [3.05, 3.63) is 41.8 Å². The summed E-state index contributed by atoms with van der Waals surface area (Å²) in [7, 11) is 0. The summed E-state index contributed by atoms with van der Waals surface area (Å²) >= 11 is 0.777. The summed E-state index contributed by atoms with van der Waals surface area (Å²) in [5.74, 6) is -0.835. The number of rotatable bonds is 4. The Balaban J connectivity index is 1.37. The molecule has 0 aromatic carbocycles. The topological polar surface area (TPSA) is 100 Å². The highest BCUT2D eigenvalue weighted by atomic mass is 32.2. The Hall–Kier alpha value is -2.04. The van der Waals surface area contributed by atoms with Gasteiger partial charge in [-0.1, -0.05) is 37.3 Å². The lowest BCUT2D eigenvalue weighted by Crippen LogP contribution is -2.61. The van der Waals surface area contributed by atoms with Gasteiger partial charge in [0.05, 0.1) is 11.9 Å². The zero-order chi connectivity index (χ0) is 26.1. The highest BCUT2D eigenvalue weighted by Crippen LogP contribution is 2.67. The molecule has 194 valence electrons. The van der Waals surface area contributed by atoms with E-state index in [1.807, 2.05) is 13.0 Å². The summed E-state index contributed by atoms with van der Waals surface area (Å²) < 4.78 is 38.9. The normalized spacial score (nSPS) is 39.8. The molecule has 0 spiro atoms. The standard InChI is InChI=1S/C26H29F3N2O4S/c1-23-8-5-15(32)11-14(23)3-4-16-17-6-9-25(35,24(17,2)12-18(33)21(16)23)20(34)13-36-22-30-10-7-19(31-22)26(27,28)29/h5,7-8,10-11,16-18,21,33,35H,3-4,6,9,12-13H2,1-2H3/t16?,17?,18-,21?,23?,24?,25-/m0/s1. The van der Waals surface area contributed by atoms with Gasteiger partial charge in [0, 0.05) is 22.9 Å². The molecule has 4 aliphatic carbocycles. The second-order valence-corrected chi connectivity index (χ2v) is 12.0. The van der Waals surface area contributed by atoms with Crippen LogP contribution in [-0.2, 0) is 15.8 Å². The first-order valence-electron chi connectivity index (χ1n) is 12.2. The van der Waals surface area contributed by atoms with Gasteiger partial charge in [-0.05, 0) is 62.2 Å². The second kappa shape index (κ2) is 8.49. The van der Waals surface area contributed by atoms with Gasteiger partial charge in [-0.2, -0.15) is 13.2 Å². The van der Waals surface area contributed by atoms with Gasteiger partial charge in [0.15, 0.2) is 16.7 Å². The SMILES string of the molecule is CC12C=CC(=O)C=C1CCC1C2[C@@H](O)CC2(C)C1CC[C@]2(O)C(=O)CSc1nccc(C(F)(F)F)n1. The average molecular weight is 523 g/mol. The van der Waals surface area contributed by atoms with E-state index in [4.69, 9.17) is 0 Å².